The van der Waals surface area contributed by atoms with E-state index in [1.54, 1.807) is 0 Å². The first-order valence-electron chi connectivity index (χ1n) is 6.97. The van der Waals surface area contributed by atoms with Gasteiger partial charge in [-0.3, -0.25) is 4.79 Å². The van der Waals surface area contributed by atoms with Crippen molar-refractivity contribution in [1.29, 1.82) is 0 Å². The van der Waals surface area contributed by atoms with Gasteiger partial charge in [0.2, 0.25) is 11.8 Å². The molecule has 0 aliphatic heterocycles. The van der Waals surface area contributed by atoms with E-state index in [9.17, 15) is 4.79 Å². The molecule has 0 atom stereocenters. The van der Waals surface area contributed by atoms with Crippen LogP contribution in [0.1, 0.15) is 32.6 Å². The van der Waals surface area contributed by atoms with Gasteiger partial charge in [-0.1, -0.05) is 0 Å². The molecule has 1 amide bonds. The number of nitrogens with two attached hydrogens (primary N) is 1. The van der Waals surface area contributed by atoms with E-state index in [1.807, 2.05) is 6.92 Å². The summed E-state index contributed by atoms with van der Waals surface area (Å²) in [5.74, 6) is 1.04. The van der Waals surface area contributed by atoms with Crippen LogP contribution < -0.4 is 21.1 Å². The van der Waals surface area contributed by atoms with Gasteiger partial charge < -0.3 is 21.1 Å². The van der Waals surface area contributed by atoms with Crippen molar-refractivity contribution in [2.75, 3.05) is 24.2 Å². The van der Waals surface area contributed by atoms with Crippen LogP contribution in [0, 0.1) is 0 Å². The van der Waals surface area contributed by atoms with Crippen molar-refractivity contribution in [2.45, 2.75) is 38.6 Å². The maximum Gasteiger partial charge on any atom is 0.242 e. The standard InChI is InChI=1S/C13H21N5O2/c1-2-20-13-11(14)12(16-8-17-13)15-7-3-4-10(19)18-9-5-6-9/h8-9H,2-7,14H2,1H3,(H,18,19)(H,15,16,17). The third-order valence-corrected chi connectivity index (χ3v) is 2.94. The monoisotopic (exact) mass is 279 g/mol. The summed E-state index contributed by atoms with van der Waals surface area (Å²) in [6.45, 7) is 3.00. The van der Waals surface area contributed by atoms with Crippen molar-refractivity contribution in [3.8, 4) is 5.88 Å². The molecule has 1 aliphatic carbocycles. The molecule has 1 aliphatic rings. The second kappa shape index (κ2) is 6.93. The largest absolute Gasteiger partial charge is 0.476 e. The van der Waals surface area contributed by atoms with Crippen LogP contribution in [0.4, 0.5) is 11.5 Å². The minimum atomic E-state index is 0.111. The molecule has 20 heavy (non-hydrogen) atoms. The molecular formula is C13H21N5O2. The highest BCUT2D eigenvalue weighted by atomic mass is 16.5. The fourth-order valence-corrected chi connectivity index (χ4v) is 1.76. The first kappa shape index (κ1) is 14.4. The van der Waals surface area contributed by atoms with Gasteiger partial charge in [-0.05, 0) is 26.2 Å². The van der Waals surface area contributed by atoms with Crippen molar-refractivity contribution < 1.29 is 9.53 Å². The summed E-state index contributed by atoms with van der Waals surface area (Å²) in [5.41, 5.74) is 6.29. The number of anilines is 2. The van der Waals surface area contributed by atoms with E-state index < -0.39 is 0 Å². The van der Waals surface area contributed by atoms with Crippen molar-refractivity contribution in [3.63, 3.8) is 0 Å². The predicted molar refractivity (Wildman–Crippen MR) is 76.5 cm³/mol. The summed E-state index contributed by atoms with van der Waals surface area (Å²) in [6.07, 6.45) is 4.87. The van der Waals surface area contributed by atoms with Gasteiger partial charge in [0.15, 0.2) is 5.82 Å². The van der Waals surface area contributed by atoms with Gasteiger partial charge in [-0.25, -0.2) is 4.98 Å². The summed E-state index contributed by atoms with van der Waals surface area (Å²) in [7, 11) is 0. The molecule has 0 saturated heterocycles. The van der Waals surface area contributed by atoms with Gasteiger partial charge in [0, 0.05) is 19.0 Å². The highest BCUT2D eigenvalue weighted by Gasteiger charge is 2.22. The molecule has 2 rings (SSSR count). The quantitative estimate of drug-likeness (QED) is 0.612. The number of carbonyl (C=O) groups excluding carboxylic acids is 1. The van der Waals surface area contributed by atoms with E-state index in [1.165, 1.54) is 6.33 Å². The molecule has 1 aromatic heterocycles. The number of nitrogens with zero attached hydrogens (tertiary/aromatic N) is 2. The predicted octanol–water partition coefficient (Wildman–Crippen LogP) is 0.928. The number of nitrogen functional groups attached to an aromatic ring is 1. The molecule has 7 nitrogen and oxygen atoms in total. The van der Waals surface area contributed by atoms with Crippen LogP contribution in [0.2, 0.25) is 0 Å². The third kappa shape index (κ3) is 4.25. The van der Waals surface area contributed by atoms with E-state index in [-0.39, 0.29) is 5.91 Å². The Bertz CT molecular complexity index is 462. The minimum Gasteiger partial charge on any atom is -0.476 e. The highest BCUT2D eigenvalue weighted by molar-refractivity contribution is 5.76. The van der Waals surface area contributed by atoms with Crippen LogP contribution in [-0.4, -0.2) is 35.1 Å². The van der Waals surface area contributed by atoms with Gasteiger partial charge in [-0.2, -0.15) is 4.98 Å². The lowest BCUT2D eigenvalue weighted by molar-refractivity contribution is -0.121. The third-order valence-electron chi connectivity index (χ3n) is 2.94. The number of rotatable bonds is 8. The second-order valence-electron chi connectivity index (χ2n) is 4.75. The number of hydrogen-bond donors (Lipinski definition) is 3. The Balaban J connectivity index is 1.72. The van der Waals surface area contributed by atoms with Crippen LogP contribution in [0.3, 0.4) is 0 Å². The Kier molecular flexibility index (Phi) is 4.97. The highest BCUT2D eigenvalue weighted by Crippen LogP contribution is 2.24. The Morgan fingerprint density at radius 2 is 2.30 bits per heavy atom. The lowest BCUT2D eigenvalue weighted by atomic mass is 10.3. The number of hydrogen-bond acceptors (Lipinski definition) is 6. The number of nitrogens with one attached hydrogen (secondary N) is 2. The first-order valence-corrected chi connectivity index (χ1v) is 6.97. The lowest BCUT2D eigenvalue weighted by Gasteiger charge is -2.10. The van der Waals surface area contributed by atoms with E-state index >= 15 is 0 Å². The Labute approximate surface area is 118 Å². The van der Waals surface area contributed by atoms with Crippen molar-refractivity contribution >= 4 is 17.4 Å². The molecular weight excluding hydrogens is 258 g/mol. The molecule has 0 radical (unpaired) electrons. The first-order chi connectivity index (χ1) is 9.70. The SMILES string of the molecule is CCOc1ncnc(NCCCC(=O)NC2CC2)c1N. The minimum absolute atomic E-state index is 0.111. The molecule has 110 valence electrons. The molecule has 0 spiro atoms. The average molecular weight is 279 g/mol. The second-order valence-corrected chi connectivity index (χ2v) is 4.75. The van der Waals surface area contributed by atoms with E-state index in [0.29, 0.717) is 43.0 Å². The number of aromatic nitrogens is 2. The van der Waals surface area contributed by atoms with Crippen LogP contribution in [-0.2, 0) is 4.79 Å². The molecule has 1 aromatic rings. The van der Waals surface area contributed by atoms with Crippen molar-refractivity contribution in [1.82, 2.24) is 15.3 Å². The molecule has 1 fully saturated rings. The van der Waals surface area contributed by atoms with Gasteiger partial charge in [0.05, 0.1) is 6.61 Å². The summed E-state index contributed by atoms with van der Waals surface area (Å²) in [5, 5.41) is 6.05. The van der Waals surface area contributed by atoms with Crippen LogP contribution in [0.15, 0.2) is 6.33 Å². The molecule has 1 heterocycles. The Morgan fingerprint density at radius 1 is 1.50 bits per heavy atom. The van der Waals surface area contributed by atoms with Gasteiger partial charge in [-0.15, -0.1) is 0 Å². The van der Waals surface area contributed by atoms with E-state index in [2.05, 4.69) is 20.6 Å². The van der Waals surface area contributed by atoms with Crippen molar-refractivity contribution in [3.05, 3.63) is 6.33 Å². The zero-order chi connectivity index (χ0) is 14.4. The Morgan fingerprint density at radius 3 is 3.00 bits per heavy atom. The normalized spacial score (nSPS) is 13.8. The van der Waals surface area contributed by atoms with Gasteiger partial charge in [0.25, 0.3) is 0 Å². The number of carbonyl (C=O) groups is 1. The smallest absolute Gasteiger partial charge is 0.242 e. The number of amides is 1. The fourth-order valence-electron chi connectivity index (χ4n) is 1.76. The average Bonchev–Trinajstić information content (AvgIpc) is 3.23. The molecule has 4 N–H and O–H groups in total. The molecule has 0 bridgehead atoms. The molecule has 7 heteroatoms. The van der Waals surface area contributed by atoms with Crippen LogP contribution >= 0.6 is 0 Å². The fraction of sp³-hybridized carbons (Fsp3) is 0.615. The van der Waals surface area contributed by atoms with Gasteiger partial charge in [0.1, 0.15) is 12.0 Å². The molecule has 0 unspecified atom stereocenters. The van der Waals surface area contributed by atoms with E-state index in [4.69, 9.17) is 10.5 Å². The molecule has 1 saturated carbocycles. The van der Waals surface area contributed by atoms with Crippen LogP contribution in [0.5, 0.6) is 5.88 Å². The topological polar surface area (TPSA) is 102 Å². The van der Waals surface area contributed by atoms with Gasteiger partial charge >= 0.3 is 0 Å². The summed E-state index contributed by atoms with van der Waals surface area (Å²) in [4.78, 5) is 19.5. The summed E-state index contributed by atoms with van der Waals surface area (Å²) in [6, 6.07) is 0.418. The number of ether oxygens (including phenoxy) is 1. The lowest BCUT2D eigenvalue weighted by Crippen LogP contribution is -2.25. The van der Waals surface area contributed by atoms with Crippen LogP contribution in [0.25, 0.3) is 0 Å². The van der Waals surface area contributed by atoms with Crippen molar-refractivity contribution in [2.24, 2.45) is 0 Å². The summed E-state index contributed by atoms with van der Waals surface area (Å²) < 4.78 is 5.29. The maximum atomic E-state index is 11.5. The maximum absolute atomic E-state index is 11.5. The Hall–Kier alpha value is -2.05. The van der Waals surface area contributed by atoms with E-state index in [0.717, 1.165) is 19.3 Å². The zero-order valence-electron chi connectivity index (χ0n) is 11.7. The zero-order valence-corrected chi connectivity index (χ0v) is 11.7. The molecule has 0 aromatic carbocycles. The summed E-state index contributed by atoms with van der Waals surface area (Å²) >= 11 is 0.